The Balaban J connectivity index is 0.00000190. The van der Waals surface area contributed by atoms with E-state index in [-0.39, 0.29) is 45.8 Å². The van der Waals surface area contributed by atoms with Crippen LogP contribution in [0.25, 0.3) is 11.3 Å². The van der Waals surface area contributed by atoms with Crippen LogP contribution in [0, 0.1) is 0 Å². The minimum absolute atomic E-state index is 0. The highest BCUT2D eigenvalue weighted by molar-refractivity contribution is 7.98. The molecule has 1 unspecified atom stereocenters. The van der Waals surface area contributed by atoms with Crippen LogP contribution in [0.2, 0.25) is 0 Å². The second kappa shape index (κ2) is 13.9. The van der Waals surface area contributed by atoms with E-state index < -0.39 is 0 Å². The van der Waals surface area contributed by atoms with Crippen LogP contribution in [0.4, 0.5) is 0 Å². The zero-order chi connectivity index (χ0) is 24.0. The van der Waals surface area contributed by atoms with Gasteiger partial charge in [0.25, 0.3) is 0 Å². The maximum Gasteiger partial charge on any atom is 0.247 e. The zero-order valence-corrected chi connectivity index (χ0v) is 25.0. The lowest BCUT2D eigenvalue weighted by Gasteiger charge is -2.04. The van der Waals surface area contributed by atoms with Crippen molar-refractivity contribution in [3.63, 3.8) is 0 Å². The van der Waals surface area contributed by atoms with E-state index in [1.807, 2.05) is 99.3 Å². The molecule has 5 aromatic heterocycles. The zero-order valence-electron chi connectivity index (χ0n) is 19.4. The molecule has 0 spiro atoms. The number of aromatic amines is 1. The largest absolute Gasteiger partial charge is 1.00 e. The van der Waals surface area contributed by atoms with Gasteiger partial charge in [-0.15, -0.1) is 34.4 Å². The Kier molecular flexibility index (Phi) is 11.0. The van der Waals surface area contributed by atoms with Gasteiger partial charge in [0.1, 0.15) is 0 Å². The molecule has 1 atom stereocenters. The fourth-order valence-corrected chi connectivity index (χ4v) is 5.87. The highest BCUT2D eigenvalue weighted by Gasteiger charge is 2.21. The summed E-state index contributed by atoms with van der Waals surface area (Å²) in [7, 11) is 0. The molecule has 6 nitrogen and oxygen atoms in total. The number of H-pyrrole nitrogens is 1. The molecule has 0 bridgehead atoms. The minimum Gasteiger partial charge on any atom is -1.00 e. The summed E-state index contributed by atoms with van der Waals surface area (Å²) < 4.78 is 3.82. The van der Waals surface area contributed by atoms with Gasteiger partial charge in [-0.05, 0) is 35.0 Å². The second-order valence-corrected chi connectivity index (χ2v) is 10.8. The van der Waals surface area contributed by atoms with Crippen LogP contribution in [0.5, 0.6) is 0 Å². The van der Waals surface area contributed by atoms with Gasteiger partial charge in [0, 0.05) is 28.8 Å². The fourth-order valence-electron chi connectivity index (χ4n) is 3.65. The normalized spacial score (nSPS) is 11.2. The number of thioether (sulfide) groups is 1. The van der Waals surface area contributed by atoms with Crippen LogP contribution in [0.15, 0.2) is 95.0 Å². The van der Waals surface area contributed by atoms with Gasteiger partial charge in [-0.3, -0.25) is 14.7 Å². The molecule has 5 heterocycles. The van der Waals surface area contributed by atoms with Crippen molar-refractivity contribution in [2.45, 2.75) is 23.2 Å². The number of pyridine rings is 2. The van der Waals surface area contributed by atoms with Gasteiger partial charge in [0.15, 0.2) is 31.1 Å². The van der Waals surface area contributed by atoms with Gasteiger partial charge in [-0.25, -0.2) is 0 Å². The van der Waals surface area contributed by atoms with Gasteiger partial charge in [-0.1, -0.05) is 12.1 Å². The van der Waals surface area contributed by atoms with Crippen molar-refractivity contribution in [1.29, 1.82) is 0 Å². The van der Waals surface area contributed by atoms with E-state index in [4.69, 9.17) is 0 Å². The Morgan fingerprint density at radius 3 is 2.51 bits per heavy atom. The maximum absolute atomic E-state index is 12.4. The maximum atomic E-state index is 12.4. The number of rotatable bonds is 10. The smallest absolute Gasteiger partial charge is 0.247 e. The van der Waals surface area contributed by atoms with Crippen LogP contribution in [0.3, 0.4) is 0 Å². The predicted octanol–water partition coefficient (Wildman–Crippen LogP) is -1.25. The molecule has 0 aliphatic carbocycles. The number of thiophene rings is 2. The van der Waals surface area contributed by atoms with Gasteiger partial charge in [-0.2, -0.15) is 14.2 Å². The second-order valence-electron chi connectivity index (χ2n) is 7.80. The first-order chi connectivity index (χ1) is 17.2. The van der Waals surface area contributed by atoms with Crippen molar-refractivity contribution in [2.24, 2.45) is 0 Å². The third kappa shape index (κ3) is 7.32. The van der Waals surface area contributed by atoms with Gasteiger partial charge >= 0.3 is 0 Å². The lowest BCUT2D eigenvalue weighted by molar-refractivity contribution is -0.698. The SMILES string of the molecule is O=CC(c1cccs1)[n+]1ccc(SCc2cc(-c3ccc[n+](CC(=O)c4cccs4)c3)[nH]n2)cc1.[Br-].[Br-]. The van der Waals surface area contributed by atoms with Gasteiger partial charge in [0.2, 0.25) is 18.4 Å². The number of Topliss-reactive ketones (excluding diaryl/α,β-unsaturated/α-hetero) is 1. The van der Waals surface area contributed by atoms with Crippen molar-refractivity contribution < 1.29 is 52.7 Å². The molecule has 11 heteroatoms. The molecule has 190 valence electrons. The van der Waals surface area contributed by atoms with E-state index in [0.29, 0.717) is 12.3 Å². The molecule has 0 amide bonds. The molecule has 0 aromatic carbocycles. The lowest BCUT2D eigenvalue weighted by atomic mass is 10.2. The van der Waals surface area contributed by atoms with Crippen LogP contribution >= 0.6 is 34.4 Å². The molecule has 0 saturated heterocycles. The summed E-state index contributed by atoms with van der Waals surface area (Å²) in [5.41, 5.74) is 2.83. The molecule has 5 rings (SSSR count). The third-order valence-corrected chi connectivity index (χ3v) is 8.32. The van der Waals surface area contributed by atoms with Crippen molar-refractivity contribution in [2.75, 3.05) is 0 Å². The lowest BCUT2D eigenvalue weighted by Crippen LogP contribution is -3.00. The fraction of sp³-hybridized carbons (Fsp3) is 0.115. The molecule has 5 aromatic rings. The Bertz CT molecular complexity index is 1420. The Morgan fingerprint density at radius 2 is 1.81 bits per heavy atom. The van der Waals surface area contributed by atoms with E-state index in [1.54, 1.807) is 23.1 Å². The first-order valence-electron chi connectivity index (χ1n) is 10.9. The number of nitrogens with one attached hydrogen (secondary N) is 1. The highest BCUT2D eigenvalue weighted by Crippen LogP contribution is 2.24. The summed E-state index contributed by atoms with van der Waals surface area (Å²) in [5.74, 6) is 0.814. The van der Waals surface area contributed by atoms with Gasteiger partial charge in [0.05, 0.1) is 26.7 Å². The van der Waals surface area contributed by atoms with Crippen LogP contribution < -0.4 is 43.1 Å². The van der Waals surface area contributed by atoms with E-state index in [9.17, 15) is 9.59 Å². The molecule has 0 fully saturated rings. The summed E-state index contributed by atoms with van der Waals surface area (Å²) in [6, 6.07) is 17.4. The highest BCUT2D eigenvalue weighted by atomic mass is 79.9. The molecule has 37 heavy (non-hydrogen) atoms. The van der Waals surface area contributed by atoms with Crippen LogP contribution in [-0.2, 0) is 17.1 Å². The number of hydrogen-bond donors (Lipinski definition) is 1. The summed E-state index contributed by atoms with van der Waals surface area (Å²) in [6.07, 6.45) is 8.71. The molecule has 0 aliphatic rings. The van der Waals surface area contributed by atoms with E-state index in [1.165, 1.54) is 11.3 Å². The average molecular weight is 678 g/mol. The minimum atomic E-state index is -0.294. The number of nitrogens with zero attached hydrogens (tertiary/aromatic N) is 3. The number of aldehydes is 1. The van der Waals surface area contributed by atoms with Crippen LogP contribution in [0.1, 0.15) is 26.3 Å². The number of ketones is 1. The van der Waals surface area contributed by atoms with Crippen molar-refractivity contribution >= 4 is 46.5 Å². The summed E-state index contributed by atoms with van der Waals surface area (Å²) in [4.78, 5) is 26.9. The molecular weight excluding hydrogens is 656 g/mol. The van der Waals surface area contributed by atoms with Crippen molar-refractivity contribution in [3.05, 3.63) is 106 Å². The quantitative estimate of drug-likeness (QED) is 0.0869. The molecule has 0 saturated carbocycles. The summed E-state index contributed by atoms with van der Waals surface area (Å²) in [5, 5.41) is 11.5. The Hall–Kier alpha value is -2.44. The standard InChI is InChI=1S/C26H22N4O2S3.2BrH/c31-17-23(25-5-2-12-33-25)30-10-7-21(8-11-30)35-18-20-14-22(28-27-20)19-4-1-9-29(15-19)16-24(32)26-6-3-13-34-26;;/h1-15,17,23H,16,18H2,(H,27,28);2*1H/q+2;;/p-2. The average Bonchev–Trinajstić information content (AvgIpc) is 3.68. The Labute approximate surface area is 247 Å². The Morgan fingerprint density at radius 1 is 1.03 bits per heavy atom. The summed E-state index contributed by atoms with van der Waals surface area (Å²) >= 11 is 4.73. The van der Waals surface area contributed by atoms with Crippen LogP contribution in [-0.4, -0.2) is 22.3 Å². The molecule has 0 radical (unpaired) electrons. The molecular formula is C26H22Br2N4O2S3. The summed E-state index contributed by atoms with van der Waals surface area (Å²) in [6.45, 7) is 0.302. The van der Waals surface area contributed by atoms with E-state index in [2.05, 4.69) is 10.2 Å². The first kappa shape index (κ1) is 29.1. The number of halogens is 2. The van der Waals surface area contributed by atoms with E-state index in [0.717, 1.165) is 37.9 Å². The van der Waals surface area contributed by atoms with Gasteiger partial charge < -0.3 is 34.0 Å². The number of carbonyl (C=O) groups is 2. The first-order valence-corrected chi connectivity index (χ1v) is 13.7. The topological polar surface area (TPSA) is 70.6 Å². The van der Waals surface area contributed by atoms with E-state index >= 15 is 0 Å². The third-order valence-electron chi connectivity index (χ3n) is 5.42. The number of aromatic nitrogens is 4. The number of hydrogen-bond acceptors (Lipinski definition) is 6. The van der Waals surface area contributed by atoms with Crippen molar-refractivity contribution in [1.82, 2.24) is 10.2 Å². The molecule has 0 aliphatic heterocycles. The molecule has 1 N–H and O–H groups in total. The van der Waals surface area contributed by atoms with Crippen molar-refractivity contribution in [3.8, 4) is 11.3 Å². The predicted molar refractivity (Wildman–Crippen MR) is 138 cm³/mol. The number of carbonyl (C=O) groups excluding carboxylic acids is 2. The monoisotopic (exact) mass is 676 g/mol.